The number of nitrogens with zero attached hydrogens (tertiary/aromatic N) is 3. The van der Waals surface area contributed by atoms with Crippen LogP contribution in [-0.4, -0.2) is 30.9 Å². The van der Waals surface area contributed by atoms with E-state index in [1.54, 1.807) is 0 Å². The van der Waals surface area contributed by atoms with Gasteiger partial charge in [0, 0.05) is 46.9 Å². The van der Waals surface area contributed by atoms with Crippen LogP contribution in [0.3, 0.4) is 0 Å². The first-order valence-electron chi connectivity index (χ1n) is 1.70. The number of rotatable bonds is 0. The minimum Gasteiger partial charge on any atom is -0.328 e. The smallest absolute Gasteiger partial charge is 0.291 e. The molecule has 13 heavy (non-hydrogen) atoms. The molecule has 0 aliphatic rings. The van der Waals surface area contributed by atoms with Crippen LogP contribution in [0.5, 0.6) is 0 Å². The van der Waals surface area contributed by atoms with Gasteiger partial charge in [-0.1, -0.05) is 0 Å². The third-order valence-corrected chi connectivity index (χ3v) is 0. The van der Waals surface area contributed by atoms with Gasteiger partial charge in [0.25, 0.3) is 15.3 Å². The van der Waals surface area contributed by atoms with Gasteiger partial charge >= 0.3 is 0 Å². The zero-order valence-electron chi connectivity index (χ0n) is 5.40. The Balaban J connectivity index is -0.0000000450. The monoisotopic (exact) mass is 363 g/mol. The van der Waals surface area contributed by atoms with E-state index in [0.29, 0.717) is 0 Å². The van der Waals surface area contributed by atoms with Crippen molar-refractivity contribution in [1.82, 2.24) is 0 Å². The van der Waals surface area contributed by atoms with Crippen LogP contribution in [-0.2, 0) is 0 Å². The molecule has 0 aromatic rings. The summed E-state index contributed by atoms with van der Waals surface area (Å²) >= 11 is 0. The summed E-state index contributed by atoms with van der Waals surface area (Å²) in [5, 5.41) is 40.9. The van der Waals surface area contributed by atoms with Crippen LogP contribution in [0.2, 0.25) is 0 Å². The van der Waals surface area contributed by atoms with Gasteiger partial charge in [0.2, 0.25) is 0 Å². The van der Waals surface area contributed by atoms with Gasteiger partial charge in [0.15, 0.2) is 0 Å². The predicted molar refractivity (Wildman–Crippen MR) is 26.3 cm³/mol. The molecule has 86 valence electrons. The summed E-state index contributed by atoms with van der Waals surface area (Å²) in [4.78, 5) is 25.1. The van der Waals surface area contributed by atoms with Gasteiger partial charge in [0.05, 0.1) is 0 Å². The third kappa shape index (κ3) is 1190. The fraction of sp³-hybridized carbons (Fsp3) is 0. The van der Waals surface area contributed by atoms with E-state index in [9.17, 15) is 0 Å². The maximum atomic E-state index is 8.36. The summed E-state index contributed by atoms with van der Waals surface area (Å²) in [6.45, 7) is 0. The van der Waals surface area contributed by atoms with Gasteiger partial charge in [-0.05, 0) is 0 Å². The van der Waals surface area contributed by atoms with E-state index < -0.39 is 15.3 Å². The minimum absolute atomic E-state index is 0. The average Bonchev–Trinajstić information content (AvgIpc) is 1.54. The molecular weight excluding hydrogens is 359 g/mol. The predicted octanol–water partition coefficient (Wildman–Crippen LogP) is -1.04. The van der Waals surface area contributed by atoms with Gasteiger partial charge in [-0.3, -0.25) is 0 Å². The zero-order chi connectivity index (χ0) is 10.7. The van der Waals surface area contributed by atoms with Crippen molar-refractivity contribution in [1.29, 1.82) is 0 Å². The van der Waals surface area contributed by atoms with E-state index in [-0.39, 0.29) is 46.9 Å². The molecule has 0 saturated carbocycles. The zero-order valence-corrected chi connectivity index (χ0v) is 7.11. The average molecular weight is 362 g/mol. The Bertz CT molecular complexity index is 112. The summed E-state index contributed by atoms with van der Waals surface area (Å²) in [5.41, 5.74) is 0. The van der Waals surface area contributed by atoms with E-state index in [1.165, 1.54) is 0 Å². The van der Waals surface area contributed by atoms with E-state index in [1.807, 2.05) is 0 Å². The van der Waals surface area contributed by atoms with Crippen molar-refractivity contribution in [3.05, 3.63) is 30.3 Å². The second-order valence-corrected chi connectivity index (χ2v) is 0.714. The molecule has 0 unspecified atom stereocenters. The molecule has 0 aliphatic carbocycles. The molecule has 0 heterocycles. The van der Waals surface area contributed by atoms with E-state index >= 15 is 0 Å². The molecular formula is H3N3O9Yb. The molecule has 0 fully saturated rings. The molecule has 0 aliphatic heterocycles. The molecule has 0 rings (SSSR count). The fourth-order valence-electron chi connectivity index (χ4n) is 0. The van der Waals surface area contributed by atoms with E-state index in [4.69, 9.17) is 46.0 Å². The van der Waals surface area contributed by atoms with Crippen LogP contribution in [0.4, 0.5) is 0 Å². The quantitative estimate of drug-likeness (QED) is 0.357. The van der Waals surface area contributed by atoms with E-state index in [0.717, 1.165) is 0 Å². The standard InChI is InChI=1S/3HNO3.Yb/c3*2-1(3)4;/h3*(H,2,3,4);. The summed E-state index contributed by atoms with van der Waals surface area (Å²) in [7, 11) is 0. The third-order valence-electron chi connectivity index (χ3n) is 0. The van der Waals surface area contributed by atoms with Crippen LogP contribution >= 0.6 is 0 Å². The number of hydrogen-bond donors (Lipinski definition) is 3. The Kier molecular flexibility index (Phi) is 30.2. The van der Waals surface area contributed by atoms with Gasteiger partial charge in [-0.25, -0.2) is 0 Å². The molecule has 12 nitrogen and oxygen atoms in total. The van der Waals surface area contributed by atoms with E-state index in [2.05, 4.69) is 0 Å². The molecule has 0 bridgehead atoms. The van der Waals surface area contributed by atoms with Crippen LogP contribution in [0.15, 0.2) is 0 Å². The van der Waals surface area contributed by atoms with Crippen molar-refractivity contribution in [2.45, 2.75) is 0 Å². The van der Waals surface area contributed by atoms with Gasteiger partial charge in [0.1, 0.15) is 0 Å². The van der Waals surface area contributed by atoms with Crippen molar-refractivity contribution in [3.63, 3.8) is 0 Å². The Hall–Kier alpha value is -0.881. The Labute approximate surface area is 107 Å². The van der Waals surface area contributed by atoms with Crippen LogP contribution in [0.25, 0.3) is 0 Å². The fourth-order valence-corrected chi connectivity index (χ4v) is 0. The molecule has 0 spiro atoms. The first kappa shape index (κ1) is 22.7. The molecule has 3 N–H and O–H groups in total. The molecule has 0 saturated heterocycles. The normalized spacial score (nSPS) is 5.54. The second kappa shape index (κ2) is 17.3. The van der Waals surface area contributed by atoms with Gasteiger partial charge in [-0.2, -0.15) is 0 Å². The SMILES string of the molecule is O=[N+]([O-])O.O=[N+]([O-])O.O=[N+]([O-])O.[Yb]. The van der Waals surface area contributed by atoms with Gasteiger partial charge in [-0.15, -0.1) is 30.3 Å². The van der Waals surface area contributed by atoms with Crippen molar-refractivity contribution in [3.8, 4) is 0 Å². The Morgan fingerprint density at radius 2 is 0.692 bits per heavy atom. The van der Waals surface area contributed by atoms with Crippen molar-refractivity contribution >= 4 is 0 Å². The summed E-state index contributed by atoms with van der Waals surface area (Å²) in [6, 6.07) is 0. The minimum atomic E-state index is -1.50. The van der Waals surface area contributed by atoms with Crippen molar-refractivity contribution in [2.24, 2.45) is 0 Å². The number of hydrogen-bond acceptors (Lipinski definition) is 6. The largest absolute Gasteiger partial charge is 0.328 e. The van der Waals surface area contributed by atoms with Crippen molar-refractivity contribution in [2.75, 3.05) is 0 Å². The summed E-state index contributed by atoms with van der Waals surface area (Å²) in [5.74, 6) is 0. The Morgan fingerprint density at radius 1 is 0.692 bits per heavy atom. The van der Waals surface area contributed by atoms with Crippen molar-refractivity contribution < 1.29 is 77.8 Å². The van der Waals surface area contributed by atoms with Gasteiger partial charge < -0.3 is 15.6 Å². The first-order valence-corrected chi connectivity index (χ1v) is 1.70. The second-order valence-electron chi connectivity index (χ2n) is 0.714. The molecule has 0 radical (unpaired) electrons. The molecule has 0 aromatic heterocycles. The maximum Gasteiger partial charge on any atom is 0.291 e. The molecule has 13 heteroatoms. The topological polar surface area (TPSA) is 190 Å². The van der Waals surface area contributed by atoms with Crippen LogP contribution < -0.4 is 0 Å². The maximum absolute atomic E-state index is 8.36. The summed E-state index contributed by atoms with van der Waals surface area (Å²) < 4.78 is 0. The summed E-state index contributed by atoms with van der Waals surface area (Å²) in [6.07, 6.45) is 0. The van der Waals surface area contributed by atoms with Crippen LogP contribution in [0.1, 0.15) is 0 Å². The molecule has 0 aromatic carbocycles. The molecule has 0 atom stereocenters. The van der Waals surface area contributed by atoms with Crippen LogP contribution in [0, 0.1) is 77.3 Å². The first-order chi connectivity index (χ1) is 5.20. The Morgan fingerprint density at radius 3 is 0.692 bits per heavy atom. The molecule has 0 amide bonds.